The molecule has 1 aromatic rings. The maximum Gasteiger partial charge on any atom is 0.267 e. The average molecular weight is 378 g/mol. The number of para-hydroxylation sites is 2. The van der Waals surface area contributed by atoms with Crippen LogP contribution in [0.15, 0.2) is 24.3 Å². The molecule has 8 heteroatoms. The number of likely N-dealkylation sites (tertiary alicyclic amines) is 1. The van der Waals surface area contributed by atoms with Crippen molar-refractivity contribution in [2.24, 2.45) is 11.8 Å². The van der Waals surface area contributed by atoms with Gasteiger partial charge < -0.3 is 14.4 Å². The number of benzene rings is 1. The van der Waals surface area contributed by atoms with Crippen molar-refractivity contribution < 1.29 is 22.7 Å². The van der Waals surface area contributed by atoms with Gasteiger partial charge in [0.15, 0.2) is 11.5 Å². The van der Waals surface area contributed by atoms with Crippen molar-refractivity contribution in [2.45, 2.75) is 31.0 Å². The molecule has 3 saturated heterocycles. The van der Waals surface area contributed by atoms with Crippen molar-refractivity contribution in [3.63, 3.8) is 0 Å². The molecule has 0 spiro atoms. The number of nitrogens with zero attached hydrogens (tertiary/aromatic N) is 2. The number of fused-ring (bicyclic) bond motifs is 6. The van der Waals surface area contributed by atoms with Crippen molar-refractivity contribution in [3.05, 3.63) is 24.3 Å². The van der Waals surface area contributed by atoms with Gasteiger partial charge in [-0.15, -0.1) is 0 Å². The van der Waals surface area contributed by atoms with Crippen LogP contribution in [0.3, 0.4) is 0 Å². The van der Waals surface area contributed by atoms with E-state index in [0.29, 0.717) is 24.6 Å². The highest BCUT2D eigenvalue weighted by atomic mass is 32.2. The molecule has 0 N–H and O–H groups in total. The Hall–Kier alpha value is -1.80. The molecular weight excluding hydrogens is 356 g/mol. The van der Waals surface area contributed by atoms with Gasteiger partial charge in [0.2, 0.25) is 16.1 Å². The molecule has 26 heavy (non-hydrogen) atoms. The van der Waals surface area contributed by atoms with E-state index < -0.39 is 16.1 Å². The Morgan fingerprint density at radius 1 is 1.08 bits per heavy atom. The Morgan fingerprint density at radius 3 is 2.31 bits per heavy atom. The summed E-state index contributed by atoms with van der Waals surface area (Å²) in [5, 5.41) is 0. The van der Waals surface area contributed by atoms with Crippen LogP contribution in [-0.4, -0.2) is 67.7 Å². The molecule has 5 atom stereocenters. The number of carbonyl (C=O) groups is 1. The van der Waals surface area contributed by atoms with E-state index in [1.165, 1.54) is 6.26 Å². The van der Waals surface area contributed by atoms with Gasteiger partial charge in [-0.1, -0.05) is 12.1 Å². The van der Waals surface area contributed by atoms with E-state index in [2.05, 4.69) is 0 Å². The topological polar surface area (TPSA) is 76.2 Å². The van der Waals surface area contributed by atoms with Gasteiger partial charge in [0.1, 0.15) is 6.61 Å². The summed E-state index contributed by atoms with van der Waals surface area (Å²) in [6.07, 6.45) is 2.47. The molecule has 0 saturated carbocycles. The molecule has 4 aliphatic heterocycles. The largest absolute Gasteiger partial charge is 0.485 e. The Labute approximate surface area is 152 Å². The monoisotopic (exact) mass is 378 g/mol. The van der Waals surface area contributed by atoms with E-state index in [9.17, 15) is 13.2 Å². The number of ether oxygens (including phenoxy) is 2. The summed E-state index contributed by atoms with van der Waals surface area (Å²) >= 11 is 0. The minimum Gasteiger partial charge on any atom is -0.485 e. The van der Waals surface area contributed by atoms with E-state index >= 15 is 0 Å². The minimum atomic E-state index is -3.19. The highest BCUT2D eigenvalue weighted by Gasteiger charge is 2.60. The zero-order valence-electron chi connectivity index (χ0n) is 14.6. The van der Waals surface area contributed by atoms with Crippen LogP contribution in [0.4, 0.5) is 0 Å². The van der Waals surface area contributed by atoms with E-state index in [4.69, 9.17) is 9.47 Å². The van der Waals surface area contributed by atoms with Crippen LogP contribution in [0, 0.1) is 11.8 Å². The summed E-state index contributed by atoms with van der Waals surface area (Å²) < 4.78 is 37.5. The zero-order valence-corrected chi connectivity index (χ0v) is 15.4. The highest BCUT2D eigenvalue weighted by Crippen LogP contribution is 2.50. The molecular formula is C18H22N2O5S. The highest BCUT2D eigenvalue weighted by molar-refractivity contribution is 7.88. The fraction of sp³-hybridized carbons (Fsp3) is 0.611. The lowest BCUT2D eigenvalue weighted by atomic mass is 9.82. The molecule has 5 rings (SSSR count). The maximum atomic E-state index is 12.9. The molecule has 2 bridgehead atoms. The van der Waals surface area contributed by atoms with Crippen LogP contribution in [-0.2, 0) is 14.8 Å². The molecule has 4 aliphatic rings. The third kappa shape index (κ3) is 2.35. The second-order valence-electron chi connectivity index (χ2n) is 7.74. The van der Waals surface area contributed by atoms with Gasteiger partial charge in [-0.25, -0.2) is 8.42 Å². The van der Waals surface area contributed by atoms with Gasteiger partial charge in [0.25, 0.3) is 5.91 Å². The quantitative estimate of drug-likeness (QED) is 0.758. The Kier molecular flexibility index (Phi) is 3.53. The van der Waals surface area contributed by atoms with Crippen molar-refractivity contribution in [2.75, 3.05) is 26.0 Å². The maximum absolute atomic E-state index is 12.9. The lowest BCUT2D eigenvalue weighted by Crippen LogP contribution is -2.47. The molecule has 4 heterocycles. The fourth-order valence-corrected chi connectivity index (χ4v) is 6.84. The Balaban J connectivity index is 1.31. The molecule has 0 radical (unpaired) electrons. The smallest absolute Gasteiger partial charge is 0.267 e. The number of amides is 1. The Bertz CT molecular complexity index is 837. The van der Waals surface area contributed by atoms with Crippen molar-refractivity contribution in [1.82, 2.24) is 9.21 Å². The summed E-state index contributed by atoms with van der Waals surface area (Å²) in [7, 11) is -3.19. The Morgan fingerprint density at radius 2 is 1.69 bits per heavy atom. The SMILES string of the molecule is CS(=O)(=O)N1[C@@H]2CC[C@H]1[C@H]1CN(C(=O)C3COc4ccccc4O3)C[C@H]12. The molecule has 0 aliphatic carbocycles. The molecule has 1 amide bonds. The third-order valence-electron chi connectivity index (χ3n) is 6.29. The number of sulfonamides is 1. The van der Waals surface area contributed by atoms with Gasteiger partial charge in [-0.2, -0.15) is 4.31 Å². The van der Waals surface area contributed by atoms with Gasteiger partial charge in [-0.05, 0) is 36.8 Å². The van der Waals surface area contributed by atoms with Crippen LogP contribution in [0.2, 0.25) is 0 Å². The first-order valence-corrected chi connectivity index (χ1v) is 10.9. The molecule has 1 unspecified atom stereocenters. The summed E-state index contributed by atoms with van der Waals surface area (Å²) in [6.45, 7) is 1.43. The van der Waals surface area contributed by atoms with Crippen LogP contribution in [0.25, 0.3) is 0 Å². The van der Waals surface area contributed by atoms with E-state index in [0.717, 1.165) is 12.8 Å². The lowest BCUT2D eigenvalue weighted by molar-refractivity contribution is -0.140. The zero-order chi connectivity index (χ0) is 18.1. The summed E-state index contributed by atoms with van der Waals surface area (Å²) in [4.78, 5) is 14.8. The van der Waals surface area contributed by atoms with Gasteiger partial charge in [0.05, 0.1) is 6.26 Å². The first-order valence-electron chi connectivity index (χ1n) is 9.09. The third-order valence-corrected chi connectivity index (χ3v) is 7.60. The van der Waals surface area contributed by atoms with Crippen LogP contribution in [0.5, 0.6) is 11.5 Å². The second-order valence-corrected chi connectivity index (χ2v) is 9.63. The molecule has 140 valence electrons. The first kappa shape index (κ1) is 16.4. The van der Waals surface area contributed by atoms with E-state index in [1.54, 1.807) is 10.4 Å². The number of hydrogen-bond donors (Lipinski definition) is 0. The van der Waals surface area contributed by atoms with Crippen LogP contribution < -0.4 is 9.47 Å². The van der Waals surface area contributed by atoms with Crippen molar-refractivity contribution in [3.8, 4) is 11.5 Å². The molecule has 1 aromatic carbocycles. The van der Waals surface area contributed by atoms with Gasteiger partial charge >= 0.3 is 0 Å². The lowest BCUT2D eigenvalue weighted by Gasteiger charge is -2.30. The predicted molar refractivity (Wildman–Crippen MR) is 93.4 cm³/mol. The summed E-state index contributed by atoms with van der Waals surface area (Å²) in [5.74, 6) is 1.68. The standard InChI is InChI=1S/C18H22N2O5S/c1-26(22,23)20-13-6-7-14(20)12-9-19(8-11(12)13)18(21)17-10-24-15-4-2-3-5-16(15)25-17/h2-5,11-14,17H,6-10H2,1H3/t11-,12+,13-,14+,17?. The molecule has 7 nitrogen and oxygen atoms in total. The van der Waals surface area contributed by atoms with Gasteiger partial charge in [0, 0.05) is 25.2 Å². The molecule has 0 aromatic heterocycles. The second kappa shape index (κ2) is 5.60. The van der Waals surface area contributed by atoms with E-state index in [1.807, 2.05) is 23.1 Å². The van der Waals surface area contributed by atoms with Crippen LogP contribution >= 0.6 is 0 Å². The number of hydrogen-bond acceptors (Lipinski definition) is 5. The number of carbonyl (C=O) groups excluding carboxylic acids is 1. The first-order chi connectivity index (χ1) is 12.4. The summed E-state index contributed by atoms with van der Waals surface area (Å²) in [6, 6.07) is 7.44. The summed E-state index contributed by atoms with van der Waals surface area (Å²) in [5.41, 5.74) is 0. The fourth-order valence-electron chi connectivity index (χ4n) is 5.33. The molecule has 3 fully saturated rings. The minimum absolute atomic E-state index is 0.0436. The number of rotatable bonds is 2. The average Bonchev–Trinajstić information content (AvgIpc) is 3.30. The van der Waals surface area contributed by atoms with Crippen molar-refractivity contribution in [1.29, 1.82) is 0 Å². The van der Waals surface area contributed by atoms with Crippen LogP contribution in [0.1, 0.15) is 12.8 Å². The predicted octanol–water partition coefficient (Wildman–Crippen LogP) is 0.707. The van der Waals surface area contributed by atoms with E-state index in [-0.39, 0.29) is 36.4 Å². The van der Waals surface area contributed by atoms with Crippen molar-refractivity contribution >= 4 is 15.9 Å². The normalized spacial score (nSPS) is 35.6. The van der Waals surface area contributed by atoms with Gasteiger partial charge in [-0.3, -0.25) is 4.79 Å².